The van der Waals surface area contributed by atoms with Crippen molar-refractivity contribution in [3.8, 4) is 5.75 Å². The number of ether oxygens (including phenoxy) is 2. The third-order valence-electron chi connectivity index (χ3n) is 5.37. The molecule has 0 aromatic heterocycles. The van der Waals surface area contributed by atoms with Crippen molar-refractivity contribution in [1.82, 2.24) is 10.2 Å². The van der Waals surface area contributed by atoms with Gasteiger partial charge in [-0.2, -0.15) is 0 Å². The first kappa shape index (κ1) is 18.1. The van der Waals surface area contributed by atoms with Gasteiger partial charge in [-0.1, -0.05) is 12.1 Å². The van der Waals surface area contributed by atoms with Crippen LogP contribution in [0.2, 0.25) is 0 Å². The Morgan fingerprint density at radius 3 is 2.88 bits per heavy atom. The van der Waals surface area contributed by atoms with Crippen LogP contribution in [0.15, 0.2) is 24.3 Å². The first-order valence-electron chi connectivity index (χ1n) is 9.53. The van der Waals surface area contributed by atoms with Gasteiger partial charge in [0.25, 0.3) is 0 Å². The standard InChI is InChI=1S/C20H30N2O3/c1-24-18-7-2-5-16(15-18)6-3-11-21-20(23)22-12-9-17(10-13-22)19-8-4-14-25-19/h2,5,7,15,17,19H,3-4,6,8-14H2,1H3,(H,21,23)/t19-/m1/s1. The first-order chi connectivity index (χ1) is 12.3. The molecule has 138 valence electrons. The summed E-state index contributed by atoms with van der Waals surface area (Å²) in [5.74, 6) is 1.52. The van der Waals surface area contributed by atoms with Crippen LogP contribution < -0.4 is 10.1 Å². The van der Waals surface area contributed by atoms with E-state index in [-0.39, 0.29) is 6.03 Å². The highest BCUT2D eigenvalue weighted by atomic mass is 16.5. The summed E-state index contributed by atoms with van der Waals surface area (Å²) < 4.78 is 11.0. The number of carbonyl (C=O) groups excluding carboxylic acids is 1. The van der Waals surface area contributed by atoms with Crippen LogP contribution in [0.1, 0.15) is 37.7 Å². The highest BCUT2D eigenvalue weighted by molar-refractivity contribution is 5.74. The third-order valence-corrected chi connectivity index (χ3v) is 5.37. The van der Waals surface area contributed by atoms with Crippen LogP contribution in [0.4, 0.5) is 4.79 Å². The number of benzene rings is 1. The summed E-state index contributed by atoms with van der Waals surface area (Å²) in [4.78, 5) is 14.3. The molecule has 2 aliphatic heterocycles. The molecule has 1 atom stereocenters. The first-order valence-corrected chi connectivity index (χ1v) is 9.53. The summed E-state index contributed by atoms with van der Waals surface area (Å²) in [7, 11) is 1.68. The van der Waals surface area contributed by atoms with Gasteiger partial charge in [-0.05, 0) is 62.1 Å². The van der Waals surface area contributed by atoms with Crippen LogP contribution in [-0.4, -0.2) is 50.4 Å². The minimum Gasteiger partial charge on any atom is -0.497 e. The van der Waals surface area contributed by atoms with Gasteiger partial charge in [0.1, 0.15) is 5.75 Å². The maximum absolute atomic E-state index is 12.3. The molecule has 2 fully saturated rings. The number of nitrogens with one attached hydrogen (secondary N) is 1. The molecule has 0 radical (unpaired) electrons. The maximum atomic E-state index is 12.3. The lowest BCUT2D eigenvalue weighted by Gasteiger charge is -2.34. The van der Waals surface area contributed by atoms with Crippen molar-refractivity contribution in [2.45, 2.75) is 44.6 Å². The van der Waals surface area contributed by atoms with Crippen LogP contribution in [-0.2, 0) is 11.2 Å². The quantitative estimate of drug-likeness (QED) is 0.805. The number of likely N-dealkylation sites (tertiary alicyclic amines) is 1. The minimum atomic E-state index is 0.0800. The summed E-state index contributed by atoms with van der Waals surface area (Å²) in [5, 5.41) is 3.06. The van der Waals surface area contributed by atoms with E-state index in [1.54, 1.807) is 7.11 Å². The van der Waals surface area contributed by atoms with Gasteiger partial charge in [0.15, 0.2) is 0 Å². The van der Waals surface area contributed by atoms with Crippen LogP contribution in [0.25, 0.3) is 0 Å². The van der Waals surface area contributed by atoms with Crippen LogP contribution >= 0.6 is 0 Å². The molecule has 5 nitrogen and oxygen atoms in total. The van der Waals surface area contributed by atoms with Gasteiger partial charge in [0.05, 0.1) is 13.2 Å². The lowest BCUT2D eigenvalue weighted by Crippen LogP contribution is -2.46. The Hall–Kier alpha value is -1.75. The molecule has 3 rings (SSSR count). The number of amides is 2. The molecular weight excluding hydrogens is 316 g/mol. The van der Waals surface area contributed by atoms with Crippen molar-refractivity contribution in [3.05, 3.63) is 29.8 Å². The molecule has 0 bridgehead atoms. The maximum Gasteiger partial charge on any atom is 0.317 e. The van der Waals surface area contributed by atoms with E-state index in [0.29, 0.717) is 18.6 Å². The molecule has 1 aromatic carbocycles. The predicted octanol–water partition coefficient (Wildman–Crippen LogP) is 3.23. The molecule has 2 amide bonds. The molecule has 0 spiro atoms. The molecule has 0 aliphatic carbocycles. The zero-order valence-electron chi connectivity index (χ0n) is 15.2. The Labute approximate surface area is 150 Å². The number of nitrogens with zero attached hydrogens (tertiary/aromatic N) is 1. The summed E-state index contributed by atoms with van der Waals surface area (Å²) in [5.41, 5.74) is 1.24. The van der Waals surface area contributed by atoms with E-state index < -0.39 is 0 Å². The zero-order chi connectivity index (χ0) is 17.5. The van der Waals surface area contributed by atoms with Gasteiger partial charge in [0.2, 0.25) is 0 Å². The summed E-state index contributed by atoms with van der Waals surface area (Å²) >= 11 is 0. The second-order valence-corrected chi connectivity index (χ2v) is 7.06. The van der Waals surface area contributed by atoms with Crippen molar-refractivity contribution < 1.29 is 14.3 Å². The average molecular weight is 346 g/mol. The monoisotopic (exact) mass is 346 g/mol. The van der Waals surface area contributed by atoms with Gasteiger partial charge >= 0.3 is 6.03 Å². The van der Waals surface area contributed by atoms with Crippen molar-refractivity contribution in [1.29, 1.82) is 0 Å². The average Bonchev–Trinajstić information content (AvgIpc) is 3.20. The number of aryl methyl sites for hydroxylation is 1. The number of methoxy groups -OCH3 is 1. The minimum absolute atomic E-state index is 0.0800. The Morgan fingerprint density at radius 2 is 2.16 bits per heavy atom. The molecule has 5 heteroatoms. The van der Waals surface area contributed by atoms with E-state index in [4.69, 9.17) is 9.47 Å². The second-order valence-electron chi connectivity index (χ2n) is 7.06. The fourth-order valence-electron chi connectivity index (χ4n) is 3.88. The Morgan fingerprint density at radius 1 is 1.32 bits per heavy atom. The third kappa shape index (κ3) is 5.11. The SMILES string of the molecule is COc1cccc(CCCNC(=O)N2CCC([C@H]3CCCO3)CC2)c1. The number of rotatable bonds is 6. The summed E-state index contributed by atoms with van der Waals surface area (Å²) in [6, 6.07) is 8.19. The van der Waals surface area contributed by atoms with Crippen LogP contribution in [0.5, 0.6) is 5.75 Å². The van der Waals surface area contributed by atoms with E-state index in [1.807, 2.05) is 17.0 Å². The molecule has 0 saturated carbocycles. The topological polar surface area (TPSA) is 50.8 Å². The van der Waals surface area contributed by atoms with Gasteiger partial charge in [-0.25, -0.2) is 4.79 Å². The predicted molar refractivity (Wildman–Crippen MR) is 98.0 cm³/mol. The molecular formula is C20H30N2O3. The van der Waals surface area contributed by atoms with Crippen LogP contribution in [0.3, 0.4) is 0 Å². The highest BCUT2D eigenvalue weighted by Gasteiger charge is 2.30. The summed E-state index contributed by atoms with van der Waals surface area (Å²) in [6.07, 6.45) is 6.85. The normalized spacial score (nSPS) is 21.3. The number of hydrogen-bond donors (Lipinski definition) is 1. The lowest BCUT2D eigenvalue weighted by atomic mass is 9.90. The lowest BCUT2D eigenvalue weighted by molar-refractivity contribution is 0.0372. The molecule has 25 heavy (non-hydrogen) atoms. The fraction of sp³-hybridized carbons (Fsp3) is 0.650. The molecule has 1 aromatic rings. The molecule has 2 aliphatic rings. The second kappa shape index (κ2) is 9.09. The van der Waals surface area contributed by atoms with Crippen LogP contribution in [0, 0.1) is 5.92 Å². The van der Waals surface area contributed by atoms with Gasteiger partial charge in [0, 0.05) is 26.2 Å². The zero-order valence-corrected chi connectivity index (χ0v) is 15.2. The van der Waals surface area contributed by atoms with Crippen molar-refractivity contribution in [3.63, 3.8) is 0 Å². The Balaban J connectivity index is 1.33. The van der Waals surface area contributed by atoms with Gasteiger partial charge in [-0.15, -0.1) is 0 Å². The number of piperidine rings is 1. The Bertz CT molecular complexity index is 550. The highest BCUT2D eigenvalue weighted by Crippen LogP contribution is 2.28. The van der Waals surface area contributed by atoms with Gasteiger partial charge < -0.3 is 19.7 Å². The number of carbonyl (C=O) groups is 1. The van der Waals surface area contributed by atoms with Crippen molar-refractivity contribution in [2.24, 2.45) is 5.92 Å². The van der Waals surface area contributed by atoms with Gasteiger partial charge in [-0.3, -0.25) is 0 Å². The van der Waals surface area contributed by atoms with E-state index in [2.05, 4.69) is 17.4 Å². The van der Waals surface area contributed by atoms with Crippen molar-refractivity contribution >= 4 is 6.03 Å². The molecule has 0 unspecified atom stereocenters. The number of hydrogen-bond acceptors (Lipinski definition) is 3. The van der Waals surface area contributed by atoms with E-state index in [0.717, 1.165) is 51.1 Å². The van der Waals surface area contributed by atoms with Crippen molar-refractivity contribution in [2.75, 3.05) is 33.4 Å². The largest absolute Gasteiger partial charge is 0.497 e. The van der Waals surface area contributed by atoms with E-state index in [1.165, 1.54) is 18.4 Å². The fourth-order valence-corrected chi connectivity index (χ4v) is 3.88. The Kier molecular flexibility index (Phi) is 6.56. The summed E-state index contributed by atoms with van der Waals surface area (Å²) in [6.45, 7) is 3.33. The molecule has 1 N–H and O–H groups in total. The molecule has 2 heterocycles. The van der Waals surface area contributed by atoms with E-state index >= 15 is 0 Å². The molecule has 2 saturated heterocycles. The van der Waals surface area contributed by atoms with E-state index in [9.17, 15) is 4.79 Å². The smallest absolute Gasteiger partial charge is 0.317 e. The number of urea groups is 1.